The van der Waals surface area contributed by atoms with Crippen molar-refractivity contribution in [3.05, 3.63) is 59.2 Å². The van der Waals surface area contributed by atoms with E-state index >= 15 is 0 Å². The lowest BCUT2D eigenvalue weighted by molar-refractivity contribution is -0.113. The van der Waals surface area contributed by atoms with Gasteiger partial charge in [0, 0.05) is 11.8 Å². The molecule has 102 valence electrons. The molecule has 1 amide bonds. The topological polar surface area (TPSA) is 59.1 Å². The maximum absolute atomic E-state index is 11.8. The summed E-state index contributed by atoms with van der Waals surface area (Å²) in [7, 11) is 0. The number of pyridine rings is 1. The Balaban J connectivity index is 1.83. The summed E-state index contributed by atoms with van der Waals surface area (Å²) >= 11 is 6.65. The first-order valence-corrected chi connectivity index (χ1v) is 7.15. The summed E-state index contributed by atoms with van der Waals surface area (Å²) in [6.45, 7) is 0. The summed E-state index contributed by atoms with van der Waals surface area (Å²) in [5, 5.41) is 2.96. The second kappa shape index (κ2) is 7.07. The Morgan fingerprint density at radius 2 is 1.90 bits per heavy atom. The SMILES string of the molecule is O=C(CSC(=O)c1ccccc1)Nc1ccc(Cl)cn1. The van der Waals surface area contributed by atoms with Crippen molar-refractivity contribution < 1.29 is 9.59 Å². The zero-order chi connectivity index (χ0) is 14.4. The van der Waals surface area contributed by atoms with Gasteiger partial charge in [0.15, 0.2) is 0 Å². The summed E-state index contributed by atoms with van der Waals surface area (Å²) in [6, 6.07) is 12.1. The molecule has 0 spiro atoms. The van der Waals surface area contributed by atoms with Crippen LogP contribution < -0.4 is 5.32 Å². The third-order valence-corrected chi connectivity index (χ3v) is 3.47. The Morgan fingerprint density at radius 1 is 1.15 bits per heavy atom. The molecule has 0 saturated carbocycles. The van der Waals surface area contributed by atoms with Crippen LogP contribution in [0.2, 0.25) is 5.02 Å². The molecule has 0 aliphatic rings. The Morgan fingerprint density at radius 3 is 2.55 bits per heavy atom. The molecule has 0 aliphatic carbocycles. The number of hydrogen-bond acceptors (Lipinski definition) is 4. The highest BCUT2D eigenvalue weighted by molar-refractivity contribution is 8.14. The number of aromatic nitrogens is 1. The van der Waals surface area contributed by atoms with E-state index in [9.17, 15) is 9.59 Å². The van der Waals surface area contributed by atoms with Gasteiger partial charge in [0.1, 0.15) is 5.82 Å². The Labute approximate surface area is 125 Å². The Kier molecular flexibility index (Phi) is 5.15. The van der Waals surface area contributed by atoms with Crippen molar-refractivity contribution in [1.82, 2.24) is 4.98 Å². The minimum Gasteiger partial charge on any atom is -0.310 e. The van der Waals surface area contributed by atoms with Crippen LogP contribution >= 0.6 is 23.4 Å². The normalized spacial score (nSPS) is 10.1. The molecule has 0 saturated heterocycles. The number of thioether (sulfide) groups is 1. The van der Waals surface area contributed by atoms with Gasteiger partial charge in [-0.1, -0.05) is 53.7 Å². The van der Waals surface area contributed by atoms with Crippen molar-refractivity contribution in [3.8, 4) is 0 Å². The van der Waals surface area contributed by atoms with Gasteiger partial charge >= 0.3 is 0 Å². The highest BCUT2D eigenvalue weighted by Gasteiger charge is 2.10. The maximum atomic E-state index is 11.8. The summed E-state index contributed by atoms with van der Waals surface area (Å²) < 4.78 is 0. The molecule has 2 aromatic rings. The van der Waals surface area contributed by atoms with Crippen molar-refractivity contribution in [2.75, 3.05) is 11.1 Å². The molecule has 0 bridgehead atoms. The minimum atomic E-state index is -0.283. The molecule has 1 aromatic heterocycles. The van der Waals surface area contributed by atoms with Crippen LogP contribution in [0.5, 0.6) is 0 Å². The second-order valence-corrected chi connectivity index (χ2v) is 5.24. The Hall–Kier alpha value is -1.85. The molecule has 6 heteroatoms. The number of nitrogens with one attached hydrogen (secondary N) is 1. The van der Waals surface area contributed by atoms with Crippen LogP contribution in [0.25, 0.3) is 0 Å². The molecule has 0 aliphatic heterocycles. The first-order chi connectivity index (χ1) is 9.65. The second-order valence-electron chi connectivity index (χ2n) is 3.85. The maximum Gasteiger partial charge on any atom is 0.236 e. The van der Waals surface area contributed by atoms with Gasteiger partial charge in [0.05, 0.1) is 10.8 Å². The van der Waals surface area contributed by atoms with E-state index in [1.54, 1.807) is 36.4 Å². The summed E-state index contributed by atoms with van der Waals surface area (Å²) in [4.78, 5) is 27.4. The molecule has 0 unspecified atom stereocenters. The summed E-state index contributed by atoms with van der Waals surface area (Å²) in [5.41, 5.74) is 0.579. The molecule has 4 nitrogen and oxygen atoms in total. The number of carbonyl (C=O) groups is 2. The lowest BCUT2D eigenvalue weighted by Crippen LogP contribution is -2.16. The number of nitrogens with zero attached hydrogens (tertiary/aromatic N) is 1. The van der Waals surface area contributed by atoms with Crippen LogP contribution in [0, 0.1) is 0 Å². The highest BCUT2D eigenvalue weighted by atomic mass is 35.5. The smallest absolute Gasteiger partial charge is 0.236 e. The number of carbonyl (C=O) groups excluding carboxylic acids is 2. The first-order valence-electron chi connectivity index (χ1n) is 5.79. The van der Waals surface area contributed by atoms with E-state index in [2.05, 4.69) is 10.3 Å². The van der Waals surface area contributed by atoms with Crippen LogP contribution in [0.15, 0.2) is 48.7 Å². The lowest BCUT2D eigenvalue weighted by Gasteiger charge is -2.04. The van der Waals surface area contributed by atoms with Crippen molar-refractivity contribution in [2.24, 2.45) is 0 Å². The van der Waals surface area contributed by atoms with Gasteiger partial charge in [0.25, 0.3) is 0 Å². The fourth-order valence-electron chi connectivity index (χ4n) is 1.42. The largest absolute Gasteiger partial charge is 0.310 e. The van der Waals surface area contributed by atoms with Crippen LogP contribution in [0.1, 0.15) is 10.4 Å². The molecule has 1 aromatic carbocycles. The van der Waals surface area contributed by atoms with E-state index in [0.717, 1.165) is 11.8 Å². The van der Waals surface area contributed by atoms with Gasteiger partial charge in [0.2, 0.25) is 11.0 Å². The van der Waals surface area contributed by atoms with Crippen molar-refractivity contribution >= 4 is 40.2 Å². The van der Waals surface area contributed by atoms with Gasteiger partial charge in [-0.15, -0.1) is 0 Å². The van der Waals surface area contributed by atoms with E-state index in [-0.39, 0.29) is 16.8 Å². The van der Waals surface area contributed by atoms with Crippen molar-refractivity contribution in [2.45, 2.75) is 0 Å². The number of anilines is 1. The summed E-state index contributed by atoms with van der Waals surface area (Å²) in [5.74, 6) is 0.166. The predicted molar refractivity (Wildman–Crippen MR) is 81.1 cm³/mol. The quantitative estimate of drug-likeness (QED) is 0.942. The average Bonchev–Trinajstić information content (AvgIpc) is 2.48. The lowest BCUT2D eigenvalue weighted by atomic mass is 10.2. The van der Waals surface area contributed by atoms with Gasteiger partial charge in [-0.3, -0.25) is 9.59 Å². The molecular weight excluding hydrogens is 296 g/mol. The third-order valence-electron chi connectivity index (χ3n) is 2.34. The molecule has 2 rings (SSSR count). The number of amides is 1. The molecule has 1 N–H and O–H groups in total. The predicted octanol–water partition coefficient (Wildman–Crippen LogP) is 3.25. The highest BCUT2D eigenvalue weighted by Crippen LogP contribution is 2.13. The fourth-order valence-corrected chi connectivity index (χ4v) is 2.17. The number of halogens is 1. The Bertz CT molecular complexity index is 602. The van der Waals surface area contributed by atoms with Crippen LogP contribution in [-0.4, -0.2) is 21.8 Å². The molecule has 0 atom stereocenters. The van der Waals surface area contributed by atoms with E-state index in [0.29, 0.717) is 16.4 Å². The van der Waals surface area contributed by atoms with Gasteiger partial charge in [-0.2, -0.15) is 0 Å². The van der Waals surface area contributed by atoms with Crippen LogP contribution in [0.4, 0.5) is 5.82 Å². The zero-order valence-electron chi connectivity index (χ0n) is 10.4. The zero-order valence-corrected chi connectivity index (χ0v) is 11.9. The van der Waals surface area contributed by atoms with Gasteiger partial charge in [-0.05, 0) is 12.1 Å². The molecular formula is C14H11ClN2O2S. The van der Waals surface area contributed by atoms with E-state index in [1.165, 1.54) is 6.20 Å². The average molecular weight is 307 g/mol. The van der Waals surface area contributed by atoms with Crippen molar-refractivity contribution in [3.63, 3.8) is 0 Å². The van der Waals surface area contributed by atoms with Crippen LogP contribution in [-0.2, 0) is 4.79 Å². The van der Waals surface area contributed by atoms with E-state index in [1.807, 2.05) is 6.07 Å². The number of rotatable bonds is 4. The number of benzene rings is 1. The van der Waals surface area contributed by atoms with Crippen molar-refractivity contribution in [1.29, 1.82) is 0 Å². The first kappa shape index (κ1) is 14.6. The van der Waals surface area contributed by atoms with Gasteiger partial charge in [-0.25, -0.2) is 4.98 Å². The summed E-state index contributed by atoms with van der Waals surface area (Å²) in [6.07, 6.45) is 1.44. The fraction of sp³-hybridized carbons (Fsp3) is 0.0714. The van der Waals surface area contributed by atoms with Gasteiger partial charge < -0.3 is 5.32 Å². The standard InChI is InChI=1S/C14H11ClN2O2S/c15-11-6-7-12(16-8-11)17-13(18)9-20-14(19)10-4-2-1-3-5-10/h1-8H,9H2,(H,16,17,18). The third kappa shape index (κ3) is 4.36. The monoisotopic (exact) mass is 306 g/mol. The number of hydrogen-bond donors (Lipinski definition) is 1. The van der Waals surface area contributed by atoms with E-state index < -0.39 is 0 Å². The molecule has 0 fully saturated rings. The molecule has 20 heavy (non-hydrogen) atoms. The molecule has 0 radical (unpaired) electrons. The van der Waals surface area contributed by atoms with Crippen LogP contribution in [0.3, 0.4) is 0 Å². The molecule has 1 heterocycles. The van der Waals surface area contributed by atoms with E-state index in [4.69, 9.17) is 11.6 Å². The minimum absolute atomic E-state index is 0.0397.